The van der Waals surface area contributed by atoms with Gasteiger partial charge in [0.1, 0.15) is 5.82 Å². The molecule has 4 rings (SSSR count). The van der Waals surface area contributed by atoms with Gasteiger partial charge in [0.05, 0.1) is 17.7 Å². The van der Waals surface area contributed by atoms with E-state index in [9.17, 15) is 4.79 Å². The Morgan fingerprint density at radius 2 is 1.93 bits per heavy atom. The van der Waals surface area contributed by atoms with E-state index >= 15 is 0 Å². The molecule has 0 radical (unpaired) electrons. The van der Waals surface area contributed by atoms with Crippen molar-refractivity contribution in [1.29, 1.82) is 0 Å². The number of nitrogens with zero attached hydrogens (tertiary/aromatic N) is 2. The molecule has 0 saturated heterocycles. The van der Waals surface area contributed by atoms with Crippen LogP contribution in [0.2, 0.25) is 0 Å². The van der Waals surface area contributed by atoms with Crippen molar-refractivity contribution >= 4 is 28.6 Å². The SMILES string of the molecule is CCOC(=O)c1ccccc1-c1ccc2nc(N)nc(NC3CCCCC3)c2c1. The third-order valence-electron chi connectivity index (χ3n) is 5.39. The van der Waals surface area contributed by atoms with Crippen LogP contribution in [0.3, 0.4) is 0 Å². The topological polar surface area (TPSA) is 90.1 Å². The second kappa shape index (κ2) is 8.47. The fraction of sp³-hybridized carbons (Fsp3) is 0.348. The summed E-state index contributed by atoms with van der Waals surface area (Å²) in [6.07, 6.45) is 6.02. The number of nitrogens with one attached hydrogen (secondary N) is 1. The molecule has 3 aromatic rings. The number of esters is 1. The average Bonchev–Trinajstić information content (AvgIpc) is 2.74. The van der Waals surface area contributed by atoms with Crippen molar-refractivity contribution in [3.8, 4) is 11.1 Å². The monoisotopic (exact) mass is 390 g/mol. The van der Waals surface area contributed by atoms with Crippen molar-refractivity contribution in [3.63, 3.8) is 0 Å². The molecule has 1 aromatic heterocycles. The van der Waals surface area contributed by atoms with Crippen molar-refractivity contribution in [2.45, 2.75) is 45.1 Å². The van der Waals surface area contributed by atoms with Gasteiger partial charge in [-0.2, -0.15) is 4.98 Å². The maximum Gasteiger partial charge on any atom is 0.338 e. The standard InChI is InChI=1S/C23H26N4O2/c1-2-29-22(28)18-11-7-6-10-17(18)15-12-13-20-19(14-15)21(27-23(24)26-20)25-16-8-4-3-5-9-16/h6-7,10-14,16H,2-5,8-9H2,1H3,(H3,24,25,26,27). The van der Waals surface area contributed by atoms with E-state index in [-0.39, 0.29) is 11.9 Å². The van der Waals surface area contributed by atoms with Gasteiger partial charge in [0.25, 0.3) is 0 Å². The van der Waals surface area contributed by atoms with Crippen LogP contribution in [-0.4, -0.2) is 28.6 Å². The molecule has 150 valence electrons. The predicted molar refractivity (Wildman–Crippen MR) is 116 cm³/mol. The minimum Gasteiger partial charge on any atom is -0.462 e. The molecule has 1 saturated carbocycles. The minimum absolute atomic E-state index is 0.260. The number of hydrogen-bond donors (Lipinski definition) is 2. The predicted octanol–water partition coefficient (Wildman–Crippen LogP) is 4.80. The number of carbonyl (C=O) groups excluding carboxylic acids is 1. The van der Waals surface area contributed by atoms with Gasteiger partial charge in [-0.1, -0.05) is 43.5 Å². The lowest BCUT2D eigenvalue weighted by atomic mass is 9.95. The normalized spacial score (nSPS) is 14.7. The van der Waals surface area contributed by atoms with Gasteiger partial charge >= 0.3 is 5.97 Å². The van der Waals surface area contributed by atoms with E-state index in [2.05, 4.69) is 15.3 Å². The highest BCUT2D eigenvalue weighted by Crippen LogP contribution is 2.31. The Hall–Kier alpha value is -3.15. The number of fused-ring (bicyclic) bond motifs is 1. The van der Waals surface area contributed by atoms with Crippen LogP contribution >= 0.6 is 0 Å². The summed E-state index contributed by atoms with van der Waals surface area (Å²) < 4.78 is 5.23. The molecule has 0 aliphatic heterocycles. The number of hydrogen-bond acceptors (Lipinski definition) is 6. The van der Waals surface area contributed by atoms with Crippen molar-refractivity contribution in [2.75, 3.05) is 17.7 Å². The van der Waals surface area contributed by atoms with E-state index < -0.39 is 0 Å². The molecular weight excluding hydrogens is 364 g/mol. The summed E-state index contributed by atoms with van der Waals surface area (Å²) in [6, 6.07) is 13.8. The fourth-order valence-corrected chi connectivity index (χ4v) is 3.99. The smallest absolute Gasteiger partial charge is 0.338 e. The summed E-state index contributed by atoms with van der Waals surface area (Å²) in [7, 11) is 0. The molecule has 1 fully saturated rings. The molecular formula is C23H26N4O2. The molecule has 0 atom stereocenters. The summed E-state index contributed by atoms with van der Waals surface area (Å²) in [4.78, 5) is 21.3. The van der Waals surface area contributed by atoms with Crippen LogP contribution in [0.1, 0.15) is 49.4 Å². The Balaban J connectivity index is 1.77. The van der Waals surface area contributed by atoms with Crippen molar-refractivity contribution < 1.29 is 9.53 Å². The zero-order valence-corrected chi connectivity index (χ0v) is 16.6. The molecule has 1 heterocycles. The van der Waals surface area contributed by atoms with Gasteiger partial charge in [-0.05, 0) is 49.1 Å². The molecule has 3 N–H and O–H groups in total. The molecule has 2 aromatic carbocycles. The largest absolute Gasteiger partial charge is 0.462 e. The zero-order chi connectivity index (χ0) is 20.2. The first kappa shape index (κ1) is 19.2. The quantitative estimate of drug-likeness (QED) is 0.608. The highest BCUT2D eigenvalue weighted by Gasteiger charge is 2.18. The molecule has 0 bridgehead atoms. The van der Waals surface area contributed by atoms with Gasteiger partial charge in [-0.25, -0.2) is 9.78 Å². The van der Waals surface area contributed by atoms with Crippen molar-refractivity contribution in [2.24, 2.45) is 0 Å². The van der Waals surface area contributed by atoms with E-state index in [0.717, 1.165) is 40.7 Å². The van der Waals surface area contributed by atoms with Gasteiger partial charge < -0.3 is 15.8 Å². The molecule has 6 nitrogen and oxygen atoms in total. The Morgan fingerprint density at radius 1 is 1.14 bits per heavy atom. The first-order valence-corrected chi connectivity index (χ1v) is 10.3. The molecule has 6 heteroatoms. The van der Waals surface area contributed by atoms with E-state index in [1.54, 1.807) is 6.07 Å². The molecule has 1 aliphatic rings. The number of nitrogen functional groups attached to an aromatic ring is 1. The summed E-state index contributed by atoms with van der Waals surface area (Å²) in [5.41, 5.74) is 9.03. The van der Waals surface area contributed by atoms with Crippen LogP contribution in [0.4, 0.5) is 11.8 Å². The van der Waals surface area contributed by atoms with Crippen LogP contribution in [-0.2, 0) is 4.74 Å². The molecule has 0 amide bonds. The first-order chi connectivity index (χ1) is 14.2. The number of aromatic nitrogens is 2. The van der Waals surface area contributed by atoms with Gasteiger partial charge in [0, 0.05) is 11.4 Å². The summed E-state index contributed by atoms with van der Waals surface area (Å²) in [5.74, 6) is 0.697. The minimum atomic E-state index is -0.322. The van der Waals surface area contributed by atoms with Crippen molar-refractivity contribution in [1.82, 2.24) is 9.97 Å². The number of carbonyl (C=O) groups is 1. The molecule has 0 spiro atoms. The fourth-order valence-electron chi connectivity index (χ4n) is 3.99. The van der Waals surface area contributed by atoms with E-state index in [0.29, 0.717) is 18.2 Å². The van der Waals surface area contributed by atoms with Crippen LogP contribution in [0, 0.1) is 0 Å². The lowest BCUT2D eigenvalue weighted by Gasteiger charge is -2.24. The second-order valence-electron chi connectivity index (χ2n) is 7.41. The second-order valence-corrected chi connectivity index (χ2v) is 7.41. The lowest BCUT2D eigenvalue weighted by Crippen LogP contribution is -2.23. The van der Waals surface area contributed by atoms with Crippen LogP contribution in [0.25, 0.3) is 22.0 Å². The Kier molecular flexibility index (Phi) is 5.60. The Bertz CT molecular complexity index is 1030. The third-order valence-corrected chi connectivity index (χ3v) is 5.39. The summed E-state index contributed by atoms with van der Waals surface area (Å²) in [6.45, 7) is 2.15. The Labute approximate surface area is 170 Å². The van der Waals surface area contributed by atoms with Crippen molar-refractivity contribution in [3.05, 3.63) is 48.0 Å². The average molecular weight is 390 g/mol. The Morgan fingerprint density at radius 3 is 2.72 bits per heavy atom. The third kappa shape index (κ3) is 4.16. The highest BCUT2D eigenvalue weighted by molar-refractivity contribution is 6.00. The zero-order valence-electron chi connectivity index (χ0n) is 16.6. The molecule has 0 unspecified atom stereocenters. The molecule has 29 heavy (non-hydrogen) atoms. The maximum atomic E-state index is 12.4. The first-order valence-electron chi connectivity index (χ1n) is 10.3. The summed E-state index contributed by atoms with van der Waals surface area (Å²) in [5, 5.41) is 4.48. The number of ether oxygens (including phenoxy) is 1. The number of nitrogens with two attached hydrogens (primary N) is 1. The highest BCUT2D eigenvalue weighted by atomic mass is 16.5. The maximum absolute atomic E-state index is 12.4. The van der Waals surface area contributed by atoms with Gasteiger partial charge in [-0.3, -0.25) is 0 Å². The number of rotatable bonds is 5. The van der Waals surface area contributed by atoms with E-state index in [1.165, 1.54) is 19.3 Å². The molecule has 1 aliphatic carbocycles. The van der Waals surface area contributed by atoms with E-state index in [1.807, 2.05) is 43.3 Å². The van der Waals surface area contributed by atoms with Gasteiger partial charge in [-0.15, -0.1) is 0 Å². The van der Waals surface area contributed by atoms with Crippen LogP contribution < -0.4 is 11.1 Å². The van der Waals surface area contributed by atoms with Crippen LogP contribution in [0.15, 0.2) is 42.5 Å². The lowest BCUT2D eigenvalue weighted by molar-refractivity contribution is 0.0527. The van der Waals surface area contributed by atoms with E-state index in [4.69, 9.17) is 10.5 Å². The van der Waals surface area contributed by atoms with Gasteiger partial charge in [0.2, 0.25) is 5.95 Å². The van der Waals surface area contributed by atoms with Gasteiger partial charge in [0.15, 0.2) is 0 Å². The number of benzene rings is 2. The number of anilines is 2. The van der Waals surface area contributed by atoms with Crippen LogP contribution in [0.5, 0.6) is 0 Å². The summed E-state index contributed by atoms with van der Waals surface area (Å²) >= 11 is 0.